The van der Waals surface area contributed by atoms with Crippen molar-refractivity contribution in [2.75, 3.05) is 18.1 Å². The van der Waals surface area contributed by atoms with Crippen LogP contribution < -0.4 is 5.32 Å². The topological polar surface area (TPSA) is 32.3 Å². The van der Waals surface area contributed by atoms with Crippen molar-refractivity contribution in [3.8, 4) is 0 Å². The Morgan fingerprint density at radius 3 is 2.72 bits per heavy atom. The predicted molar refractivity (Wildman–Crippen MR) is 83.6 cm³/mol. The van der Waals surface area contributed by atoms with Gasteiger partial charge >= 0.3 is 6.03 Å². The molecule has 1 aromatic carbocycles. The van der Waals surface area contributed by atoms with Crippen molar-refractivity contribution in [1.29, 1.82) is 0 Å². The molecule has 2 amide bonds. The van der Waals surface area contributed by atoms with E-state index in [4.69, 9.17) is 23.2 Å². The van der Waals surface area contributed by atoms with Crippen LogP contribution in [0.5, 0.6) is 0 Å². The number of carbonyl (C=O) groups excluding carboxylic acids is 1. The molecular formula is C11H14Cl2N2OS2. The molecule has 18 heavy (non-hydrogen) atoms. The summed E-state index contributed by atoms with van der Waals surface area (Å²) in [5.74, 6) is 1.01. The van der Waals surface area contributed by atoms with Crippen LogP contribution in [-0.2, 0) is 0 Å². The van der Waals surface area contributed by atoms with E-state index in [9.17, 15) is 4.79 Å². The number of urea groups is 1. The Morgan fingerprint density at radius 2 is 2.11 bits per heavy atom. The highest BCUT2D eigenvalue weighted by Gasteiger charge is 2.10. The number of halogens is 2. The summed E-state index contributed by atoms with van der Waals surface area (Å²) in [6.45, 7) is 2.10. The first-order valence-electron chi connectivity index (χ1n) is 5.34. The zero-order valence-electron chi connectivity index (χ0n) is 10.1. The van der Waals surface area contributed by atoms with Crippen molar-refractivity contribution in [3.63, 3.8) is 0 Å². The van der Waals surface area contributed by atoms with Crippen LogP contribution >= 0.6 is 45.0 Å². The van der Waals surface area contributed by atoms with Gasteiger partial charge in [-0.05, 0) is 24.6 Å². The molecule has 0 aliphatic rings. The zero-order valence-corrected chi connectivity index (χ0v) is 13.2. The Morgan fingerprint density at radius 1 is 1.39 bits per heavy atom. The van der Waals surface area contributed by atoms with E-state index < -0.39 is 0 Å². The van der Waals surface area contributed by atoms with Crippen molar-refractivity contribution >= 4 is 56.7 Å². The van der Waals surface area contributed by atoms with Crippen LogP contribution in [0.15, 0.2) is 18.2 Å². The molecule has 0 unspecified atom stereocenters. The van der Waals surface area contributed by atoms with Gasteiger partial charge in [0.2, 0.25) is 0 Å². The predicted octanol–water partition coefficient (Wildman–Crippen LogP) is 5.16. The smallest absolute Gasteiger partial charge is 0.307 e. The molecule has 0 fully saturated rings. The number of nitrogens with one attached hydrogen (secondary N) is 1. The molecule has 0 atom stereocenters. The van der Waals surface area contributed by atoms with Crippen molar-refractivity contribution < 1.29 is 4.79 Å². The summed E-state index contributed by atoms with van der Waals surface area (Å²) >= 11 is 11.7. The van der Waals surface area contributed by atoms with Gasteiger partial charge in [0.25, 0.3) is 0 Å². The molecule has 0 spiro atoms. The number of hydrogen-bond donors (Lipinski definition) is 1. The molecule has 0 aliphatic heterocycles. The number of nitrogens with zero attached hydrogens (tertiary/aromatic N) is 1. The first-order valence-corrected chi connectivity index (χ1v) is 8.37. The van der Waals surface area contributed by atoms with Gasteiger partial charge in [0.05, 0.1) is 10.0 Å². The zero-order chi connectivity index (χ0) is 13.5. The molecule has 3 nitrogen and oxygen atoms in total. The van der Waals surface area contributed by atoms with Gasteiger partial charge in [0.1, 0.15) is 0 Å². The minimum absolute atomic E-state index is 0.193. The highest BCUT2D eigenvalue weighted by atomic mass is 35.5. The summed E-state index contributed by atoms with van der Waals surface area (Å²) in [5, 5.41) is 3.64. The second-order valence-electron chi connectivity index (χ2n) is 3.45. The van der Waals surface area contributed by atoms with Gasteiger partial charge in [0.15, 0.2) is 0 Å². The average molecular weight is 325 g/mol. The van der Waals surface area contributed by atoms with Crippen LogP contribution in [0.2, 0.25) is 10.0 Å². The summed E-state index contributed by atoms with van der Waals surface area (Å²) in [6, 6.07) is 4.80. The second kappa shape index (κ2) is 8.04. The maximum atomic E-state index is 11.8. The van der Waals surface area contributed by atoms with Crippen molar-refractivity contribution in [2.24, 2.45) is 0 Å². The van der Waals surface area contributed by atoms with Gasteiger partial charge in [-0.15, -0.1) is 0 Å². The third kappa shape index (κ3) is 5.18. The van der Waals surface area contributed by atoms with E-state index in [0.717, 1.165) is 12.2 Å². The number of rotatable bonds is 5. The van der Waals surface area contributed by atoms with Gasteiger partial charge in [-0.2, -0.15) is 0 Å². The van der Waals surface area contributed by atoms with E-state index in [-0.39, 0.29) is 6.03 Å². The Kier molecular flexibility index (Phi) is 7.07. The molecule has 1 aromatic rings. The minimum atomic E-state index is -0.193. The molecule has 0 saturated carbocycles. The van der Waals surface area contributed by atoms with Gasteiger partial charge in [-0.1, -0.05) is 40.9 Å². The Balaban J connectivity index is 2.50. The summed E-state index contributed by atoms with van der Waals surface area (Å²) in [6.07, 6.45) is 1.08. The van der Waals surface area contributed by atoms with E-state index in [0.29, 0.717) is 15.7 Å². The third-order valence-corrected chi connectivity index (χ3v) is 5.20. The van der Waals surface area contributed by atoms with E-state index >= 15 is 0 Å². The van der Waals surface area contributed by atoms with Crippen LogP contribution in [0.4, 0.5) is 10.5 Å². The van der Waals surface area contributed by atoms with Gasteiger partial charge in [-0.25, -0.2) is 4.79 Å². The molecule has 0 aliphatic carbocycles. The number of amides is 2. The quantitative estimate of drug-likeness (QED) is 0.461. The number of anilines is 1. The number of carbonyl (C=O) groups is 1. The first-order chi connectivity index (χ1) is 8.54. The van der Waals surface area contributed by atoms with Crippen LogP contribution in [0, 0.1) is 0 Å². The molecule has 7 heteroatoms. The Hall–Kier alpha value is -0.230. The lowest BCUT2D eigenvalue weighted by Gasteiger charge is -2.15. The van der Waals surface area contributed by atoms with E-state index in [1.165, 1.54) is 11.0 Å². The normalized spacial score (nSPS) is 10.2. The van der Waals surface area contributed by atoms with Crippen LogP contribution in [-0.4, -0.2) is 23.1 Å². The maximum absolute atomic E-state index is 11.8. The maximum Gasteiger partial charge on any atom is 0.332 e. The molecule has 1 rings (SSSR count). The van der Waals surface area contributed by atoms with Gasteiger partial charge in [0, 0.05) is 29.5 Å². The van der Waals surface area contributed by atoms with Gasteiger partial charge in [-0.3, -0.25) is 4.31 Å². The molecule has 0 bridgehead atoms. The highest BCUT2D eigenvalue weighted by molar-refractivity contribution is 8.75. The number of hydrogen-bond acceptors (Lipinski definition) is 3. The van der Waals surface area contributed by atoms with E-state index in [1.807, 2.05) is 0 Å². The summed E-state index contributed by atoms with van der Waals surface area (Å²) in [5.41, 5.74) is 0.627. The van der Waals surface area contributed by atoms with Crippen LogP contribution in [0.3, 0.4) is 0 Å². The van der Waals surface area contributed by atoms with Crippen molar-refractivity contribution in [3.05, 3.63) is 28.2 Å². The molecule has 100 valence electrons. The fraction of sp³-hybridized carbons (Fsp3) is 0.364. The Labute approximate surface area is 125 Å². The minimum Gasteiger partial charge on any atom is -0.307 e. The van der Waals surface area contributed by atoms with Crippen molar-refractivity contribution in [2.45, 2.75) is 13.3 Å². The lowest BCUT2D eigenvalue weighted by Crippen LogP contribution is -2.24. The molecule has 0 aromatic heterocycles. The van der Waals surface area contributed by atoms with E-state index in [1.54, 1.807) is 40.3 Å². The molecule has 0 radical (unpaired) electrons. The van der Waals surface area contributed by atoms with E-state index in [2.05, 4.69) is 12.2 Å². The highest BCUT2D eigenvalue weighted by Crippen LogP contribution is 2.27. The fourth-order valence-electron chi connectivity index (χ4n) is 1.01. The Bertz CT molecular complexity index is 418. The summed E-state index contributed by atoms with van der Waals surface area (Å²) < 4.78 is 1.54. The second-order valence-corrected chi connectivity index (χ2v) is 6.76. The molecule has 0 heterocycles. The van der Waals surface area contributed by atoms with Crippen molar-refractivity contribution in [1.82, 2.24) is 4.31 Å². The fourth-order valence-corrected chi connectivity index (χ4v) is 3.22. The van der Waals surface area contributed by atoms with Crippen LogP contribution in [0.25, 0.3) is 0 Å². The third-order valence-electron chi connectivity index (χ3n) is 1.91. The molecular weight excluding hydrogens is 311 g/mol. The summed E-state index contributed by atoms with van der Waals surface area (Å²) in [7, 11) is 4.78. The largest absolute Gasteiger partial charge is 0.332 e. The number of benzene rings is 1. The molecule has 1 N–H and O–H groups in total. The standard InChI is InChI=1S/C11H14Cl2N2OS2/c1-3-6-17-18-15(2)11(16)14-8-4-5-9(12)10(13)7-8/h4-5,7H,3,6H2,1-2H3,(H,14,16). The lowest BCUT2D eigenvalue weighted by molar-refractivity contribution is 0.243. The first kappa shape index (κ1) is 15.8. The molecule has 0 saturated heterocycles. The summed E-state index contributed by atoms with van der Waals surface area (Å²) in [4.78, 5) is 11.8. The average Bonchev–Trinajstić information content (AvgIpc) is 2.34. The lowest BCUT2D eigenvalue weighted by atomic mass is 10.3. The van der Waals surface area contributed by atoms with Gasteiger partial charge < -0.3 is 5.32 Å². The SMILES string of the molecule is CCCSSN(C)C(=O)Nc1ccc(Cl)c(Cl)c1. The van der Waals surface area contributed by atoms with Crippen LogP contribution in [0.1, 0.15) is 13.3 Å². The monoisotopic (exact) mass is 324 g/mol.